The number of fused-ring (bicyclic) bond motifs is 2. The van der Waals surface area contributed by atoms with Gasteiger partial charge in [0.1, 0.15) is 12.7 Å². The van der Waals surface area contributed by atoms with E-state index in [0.29, 0.717) is 5.95 Å². The average molecular weight is 349 g/mol. The fraction of sp³-hybridized carbons (Fsp3) is 0. The Morgan fingerprint density at radius 3 is 1.81 bits per heavy atom. The molecule has 27 heavy (non-hydrogen) atoms. The van der Waals surface area contributed by atoms with Crippen LogP contribution >= 0.6 is 0 Å². The molecular formula is C22H15N5. The number of rotatable bonds is 2. The molecule has 3 aromatic carbocycles. The van der Waals surface area contributed by atoms with Gasteiger partial charge in [-0.2, -0.15) is 0 Å². The van der Waals surface area contributed by atoms with Gasteiger partial charge in [-0.15, -0.1) is 0 Å². The van der Waals surface area contributed by atoms with E-state index >= 15 is 0 Å². The molecule has 0 amide bonds. The highest BCUT2D eigenvalue weighted by Crippen LogP contribution is 2.22. The minimum atomic E-state index is 0.587. The summed E-state index contributed by atoms with van der Waals surface area (Å²) in [7, 11) is 0. The zero-order valence-electron chi connectivity index (χ0n) is 14.4. The Labute approximate surface area is 155 Å². The monoisotopic (exact) mass is 349 g/mol. The van der Waals surface area contributed by atoms with Crippen molar-refractivity contribution < 1.29 is 0 Å². The highest BCUT2D eigenvalue weighted by molar-refractivity contribution is 5.94. The molecule has 128 valence electrons. The van der Waals surface area contributed by atoms with Gasteiger partial charge < -0.3 is 0 Å². The third-order valence-corrected chi connectivity index (χ3v) is 4.48. The van der Waals surface area contributed by atoms with E-state index in [-0.39, 0.29) is 0 Å². The summed E-state index contributed by atoms with van der Waals surface area (Å²) < 4.78 is 2.05. The zero-order chi connectivity index (χ0) is 18.1. The molecule has 2 heterocycles. The lowest BCUT2D eigenvalue weighted by Crippen LogP contribution is -2.13. The van der Waals surface area contributed by atoms with E-state index in [2.05, 4.69) is 43.8 Å². The van der Waals surface area contributed by atoms with Crippen molar-refractivity contribution in [2.24, 2.45) is 4.99 Å². The Hall–Kier alpha value is -3.86. The second-order valence-corrected chi connectivity index (χ2v) is 6.10. The summed E-state index contributed by atoms with van der Waals surface area (Å²) in [6.07, 6.45) is 3.03. The van der Waals surface area contributed by atoms with Crippen molar-refractivity contribution in [2.75, 3.05) is 0 Å². The molecule has 0 aliphatic rings. The molecule has 0 radical (unpaired) electrons. The van der Waals surface area contributed by atoms with Gasteiger partial charge >= 0.3 is 0 Å². The smallest absolute Gasteiger partial charge is 0.237 e. The van der Waals surface area contributed by atoms with Gasteiger partial charge in [0.05, 0.1) is 22.1 Å². The van der Waals surface area contributed by atoms with Crippen molar-refractivity contribution in [3.63, 3.8) is 0 Å². The van der Waals surface area contributed by atoms with Gasteiger partial charge in [-0.3, -0.25) is 4.57 Å². The summed E-state index contributed by atoms with van der Waals surface area (Å²) in [4.78, 5) is 17.7. The van der Waals surface area contributed by atoms with E-state index in [1.807, 2.05) is 54.6 Å². The highest BCUT2D eigenvalue weighted by Gasteiger charge is 2.12. The molecule has 0 aliphatic carbocycles. The molecule has 0 saturated carbocycles. The lowest BCUT2D eigenvalue weighted by Gasteiger charge is -2.14. The van der Waals surface area contributed by atoms with Crippen LogP contribution in [0.2, 0.25) is 0 Å². The molecule has 0 spiro atoms. The predicted octanol–water partition coefficient (Wildman–Crippen LogP) is 4.20. The maximum atomic E-state index is 4.97. The molecule has 0 bridgehead atoms. The second-order valence-electron chi connectivity index (χ2n) is 6.10. The standard InChI is InChI=1S/C22H15N5/c1-2-8-16(9-3-1)26-21-17-10-4-6-12-19(17)27(22-24-14-23-15-25-22)20-13-7-5-11-18(20)21/h1-15H. The van der Waals surface area contributed by atoms with Gasteiger partial charge in [0.2, 0.25) is 5.95 Å². The van der Waals surface area contributed by atoms with Crippen molar-refractivity contribution in [1.82, 2.24) is 19.5 Å². The fourth-order valence-corrected chi connectivity index (χ4v) is 3.33. The van der Waals surface area contributed by atoms with Crippen molar-refractivity contribution in [3.8, 4) is 5.95 Å². The van der Waals surface area contributed by atoms with Crippen LogP contribution in [0, 0.1) is 0 Å². The predicted molar refractivity (Wildman–Crippen MR) is 106 cm³/mol. The van der Waals surface area contributed by atoms with E-state index in [0.717, 1.165) is 32.9 Å². The van der Waals surface area contributed by atoms with Gasteiger partial charge in [0, 0.05) is 10.8 Å². The van der Waals surface area contributed by atoms with Gasteiger partial charge in [-0.25, -0.2) is 19.9 Å². The van der Waals surface area contributed by atoms with Crippen LogP contribution in [-0.4, -0.2) is 19.5 Å². The number of hydrogen-bond acceptors (Lipinski definition) is 4. The molecule has 0 atom stereocenters. The summed E-state index contributed by atoms with van der Waals surface area (Å²) in [6.45, 7) is 0. The normalized spacial score (nSPS) is 11.0. The van der Waals surface area contributed by atoms with Crippen LogP contribution in [0.4, 0.5) is 5.69 Å². The Kier molecular flexibility index (Phi) is 3.68. The molecule has 0 unspecified atom stereocenters. The quantitative estimate of drug-likeness (QED) is 0.449. The molecule has 0 N–H and O–H groups in total. The first-order valence-electron chi connectivity index (χ1n) is 8.66. The number of nitrogens with zero attached hydrogens (tertiary/aromatic N) is 5. The van der Waals surface area contributed by atoms with E-state index in [1.165, 1.54) is 12.7 Å². The van der Waals surface area contributed by atoms with Crippen LogP contribution in [0.5, 0.6) is 0 Å². The number of para-hydroxylation sites is 3. The summed E-state index contributed by atoms with van der Waals surface area (Å²) in [5.41, 5.74) is 2.92. The largest absolute Gasteiger partial charge is 0.278 e. The summed E-state index contributed by atoms with van der Waals surface area (Å²) in [5.74, 6) is 0.587. The van der Waals surface area contributed by atoms with Gasteiger partial charge in [0.25, 0.3) is 0 Å². The first kappa shape index (κ1) is 15.4. The van der Waals surface area contributed by atoms with Crippen LogP contribution in [0.1, 0.15) is 0 Å². The lowest BCUT2D eigenvalue weighted by atomic mass is 10.1. The van der Waals surface area contributed by atoms with Crippen LogP contribution in [0.25, 0.3) is 27.8 Å². The molecule has 5 nitrogen and oxygen atoms in total. The maximum Gasteiger partial charge on any atom is 0.237 e. The molecule has 0 fully saturated rings. The maximum absolute atomic E-state index is 4.97. The Morgan fingerprint density at radius 2 is 1.19 bits per heavy atom. The Morgan fingerprint density at radius 1 is 0.630 bits per heavy atom. The minimum Gasteiger partial charge on any atom is -0.278 e. The molecule has 5 heteroatoms. The van der Waals surface area contributed by atoms with Crippen LogP contribution in [-0.2, 0) is 0 Å². The summed E-state index contributed by atoms with van der Waals surface area (Å²) in [6, 6.07) is 26.4. The average Bonchev–Trinajstić information content (AvgIpc) is 2.75. The minimum absolute atomic E-state index is 0.587. The highest BCUT2D eigenvalue weighted by atomic mass is 15.2. The van der Waals surface area contributed by atoms with Gasteiger partial charge in [-0.05, 0) is 24.3 Å². The van der Waals surface area contributed by atoms with Gasteiger partial charge in [-0.1, -0.05) is 54.6 Å². The van der Waals surface area contributed by atoms with Crippen LogP contribution in [0.3, 0.4) is 0 Å². The van der Waals surface area contributed by atoms with Crippen LogP contribution < -0.4 is 5.36 Å². The number of hydrogen-bond donors (Lipinski definition) is 0. The molecule has 0 aliphatic heterocycles. The molecule has 5 aromatic rings. The number of aromatic nitrogens is 4. The van der Waals surface area contributed by atoms with E-state index in [4.69, 9.17) is 4.99 Å². The molecule has 2 aromatic heterocycles. The first-order chi connectivity index (χ1) is 13.4. The van der Waals surface area contributed by atoms with Crippen molar-refractivity contribution in [3.05, 3.63) is 96.9 Å². The second kappa shape index (κ2) is 6.46. The fourth-order valence-electron chi connectivity index (χ4n) is 3.33. The van der Waals surface area contributed by atoms with Crippen molar-refractivity contribution >= 4 is 27.5 Å². The molecular weight excluding hydrogens is 334 g/mol. The van der Waals surface area contributed by atoms with Crippen LogP contribution in [0.15, 0.2) is 96.5 Å². The lowest BCUT2D eigenvalue weighted by molar-refractivity contribution is 0.935. The molecule has 0 saturated heterocycles. The first-order valence-corrected chi connectivity index (χ1v) is 8.66. The van der Waals surface area contributed by atoms with E-state index in [9.17, 15) is 0 Å². The number of benzene rings is 3. The Balaban J connectivity index is 2.00. The van der Waals surface area contributed by atoms with Gasteiger partial charge in [0.15, 0.2) is 0 Å². The van der Waals surface area contributed by atoms with E-state index < -0.39 is 0 Å². The Bertz CT molecular complexity index is 1250. The topological polar surface area (TPSA) is 56.0 Å². The van der Waals surface area contributed by atoms with Crippen molar-refractivity contribution in [1.29, 1.82) is 0 Å². The number of pyridine rings is 1. The van der Waals surface area contributed by atoms with E-state index in [1.54, 1.807) is 0 Å². The summed E-state index contributed by atoms with van der Waals surface area (Å²) in [5, 5.41) is 3.03. The molecule has 5 rings (SSSR count). The summed E-state index contributed by atoms with van der Waals surface area (Å²) >= 11 is 0. The third-order valence-electron chi connectivity index (χ3n) is 4.48. The third kappa shape index (κ3) is 2.66. The van der Waals surface area contributed by atoms with Crippen molar-refractivity contribution in [2.45, 2.75) is 0 Å². The zero-order valence-corrected chi connectivity index (χ0v) is 14.4. The SMILES string of the molecule is c1ccc(N=c2c3ccccc3n(-c3ncncn3)c3ccccc23)cc1.